The van der Waals surface area contributed by atoms with E-state index in [9.17, 15) is 9.59 Å². The first-order valence-electron chi connectivity index (χ1n) is 6.87. The van der Waals surface area contributed by atoms with Crippen molar-refractivity contribution in [3.05, 3.63) is 0 Å². The number of hydrogen-bond acceptors (Lipinski definition) is 3. The number of urea groups is 1. The van der Waals surface area contributed by atoms with Gasteiger partial charge in [0, 0.05) is 33.1 Å². The summed E-state index contributed by atoms with van der Waals surface area (Å²) in [4.78, 5) is 27.1. The lowest BCUT2D eigenvalue weighted by atomic mass is 9.95. The molecule has 6 heteroatoms. The molecular weight excluding hydrogens is 246 g/mol. The van der Waals surface area contributed by atoms with E-state index in [-0.39, 0.29) is 30.5 Å². The molecule has 0 aromatic rings. The normalized spacial score (nSPS) is 18.0. The van der Waals surface area contributed by atoms with E-state index in [1.54, 1.807) is 23.9 Å². The lowest BCUT2D eigenvalue weighted by Crippen LogP contribution is -2.48. The van der Waals surface area contributed by atoms with E-state index >= 15 is 0 Å². The first kappa shape index (κ1) is 15.8. The first-order chi connectivity index (χ1) is 8.99. The molecule has 0 bridgehead atoms. The topological polar surface area (TPSA) is 72.9 Å². The molecule has 0 unspecified atom stereocenters. The largest absolute Gasteiger partial charge is 0.394 e. The molecule has 0 saturated carbocycles. The van der Waals surface area contributed by atoms with Gasteiger partial charge >= 0.3 is 6.03 Å². The molecule has 1 aliphatic heterocycles. The van der Waals surface area contributed by atoms with E-state index in [1.165, 1.54) is 0 Å². The van der Waals surface area contributed by atoms with E-state index in [0.29, 0.717) is 25.9 Å². The second-order valence-corrected chi connectivity index (χ2v) is 5.23. The van der Waals surface area contributed by atoms with Crippen molar-refractivity contribution < 1.29 is 14.7 Å². The molecule has 1 saturated heterocycles. The molecule has 0 radical (unpaired) electrons. The van der Waals surface area contributed by atoms with E-state index in [0.717, 1.165) is 6.42 Å². The molecule has 6 nitrogen and oxygen atoms in total. The van der Waals surface area contributed by atoms with Crippen LogP contribution in [0.1, 0.15) is 26.2 Å². The number of likely N-dealkylation sites (tertiary alicyclic amines) is 1. The molecule has 1 rings (SSSR count). The van der Waals surface area contributed by atoms with Crippen LogP contribution >= 0.6 is 0 Å². The predicted octanol–water partition coefficient (Wildman–Crippen LogP) is 0.267. The van der Waals surface area contributed by atoms with Gasteiger partial charge in [-0.25, -0.2) is 4.79 Å². The van der Waals surface area contributed by atoms with Crippen LogP contribution < -0.4 is 5.32 Å². The third kappa shape index (κ3) is 4.38. The Balaban J connectivity index is 2.41. The monoisotopic (exact) mass is 271 g/mol. The molecule has 1 atom stereocenters. The number of nitrogens with zero attached hydrogens (tertiary/aromatic N) is 2. The molecule has 0 aromatic heterocycles. The SMILES string of the molecule is CC[C@H](CO)NC(=O)C1CCN(C(=O)N(C)C)CC1. The molecular formula is C13H25N3O3. The third-order valence-electron chi connectivity index (χ3n) is 3.58. The van der Waals surface area contributed by atoms with Crippen LogP contribution in [0, 0.1) is 5.92 Å². The van der Waals surface area contributed by atoms with Crippen molar-refractivity contribution >= 4 is 11.9 Å². The Morgan fingerprint density at radius 3 is 2.37 bits per heavy atom. The molecule has 3 amide bonds. The van der Waals surface area contributed by atoms with Crippen LogP contribution in [-0.4, -0.2) is 66.7 Å². The maximum Gasteiger partial charge on any atom is 0.319 e. The van der Waals surface area contributed by atoms with Crippen LogP contribution in [-0.2, 0) is 4.79 Å². The summed E-state index contributed by atoms with van der Waals surface area (Å²) in [6.45, 7) is 3.13. The Kier molecular flexibility index (Phi) is 6.08. The summed E-state index contributed by atoms with van der Waals surface area (Å²) >= 11 is 0. The Morgan fingerprint density at radius 1 is 1.37 bits per heavy atom. The summed E-state index contributed by atoms with van der Waals surface area (Å²) in [6.07, 6.45) is 2.10. The highest BCUT2D eigenvalue weighted by molar-refractivity contribution is 5.80. The highest BCUT2D eigenvalue weighted by Crippen LogP contribution is 2.18. The minimum absolute atomic E-state index is 0.000603. The van der Waals surface area contributed by atoms with Gasteiger partial charge in [0.2, 0.25) is 5.91 Å². The molecule has 19 heavy (non-hydrogen) atoms. The fourth-order valence-electron chi connectivity index (χ4n) is 2.21. The summed E-state index contributed by atoms with van der Waals surface area (Å²) in [5.74, 6) is -0.0512. The highest BCUT2D eigenvalue weighted by Gasteiger charge is 2.28. The van der Waals surface area contributed by atoms with E-state index in [1.807, 2.05) is 6.92 Å². The Labute approximate surface area is 114 Å². The minimum atomic E-state index is -0.158. The van der Waals surface area contributed by atoms with Gasteiger partial charge in [-0.05, 0) is 19.3 Å². The number of aliphatic hydroxyl groups excluding tert-OH is 1. The van der Waals surface area contributed by atoms with Gasteiger partial charge in [-0.1, -0.05) is 6.92 Å². The van der Waals surface area contributed by atoms with Gasteiger partial charge in [-0.15, -0.1) is 0 Å². The zero-order valence-corrected chi connectivity index (χ0v) is 12.1. The summed E-state index contributed by atoms with van der Waals surface area (Å²) in [5, 5.41) is 11.9. The lowest BCUT2D eigenvalue weighted by molar-refractivity contribution is -0.127. The van der Waals surface area contributed by atoms with Crippen LogP contribution in [0.25, 0.3) is 0 Å². The Bertz CT molecular complexity index is 308. The molecule has 0 aromatic carbocycles. The van der Waals surface area contributed by atoms with Crippen molar-refractivity contribution in [3.63, 3.8) is 0 Å². The van der Waals surface area contributed by atoms with E-state index in [2.05, 4.69) is 5.32 Å². The summed E-state index contributed by atoms with van der Waals surface area (Å²) in [7, 11) is 3.46. The number of nitrogens with one attached hydrogen (secondary N) is 1. The third-order valence-corrected chi connectivity index (χ3v) is 3.58. The van der Waals surface area contributed by atoms with Crippen molar-refractivity contribution in [2.75, 3.05) is 33.8 Å². The number of aliphatic hydroxyl groups is 1. The average Bonchev–Trinajstić information content (AvgIpc) is 2.43. The van der Waals surface area contributed by atoms with Gasteiger partial charge in [0.15, 0.2) is 0 Å². The fraction of sp³-hybridized carbons (Fsp3) is 0.846. The van der Waals surface area contributed by atoms with Gasteiger partial charge < -0.3 is 20.2 Å². The number of piperidine rings is 1. The van der Waals surface area contributed by atoms with E-state index < -0.39 is 0 Å². The number of carbonyl (C=O) groups is 2. The minimum Gasteiger partial charge on any atom is -0.394 e. The smallest absolute Gasteiger partial charge is 0.319 e. The molecule has 0 aliphatic carbocycles. The van der Waals surface area contributed by atoms with Crippen molar-refractivity contribution in [3.8, 4) is 0 Å². The average molecular weight is 271 g/mol. The van der Waals surface area contributed by atoms with Crippen LogP contribution in [0.3, 0.4) is 0 Å². The summed E-state index contributed by atoms with van der Waals surface area (Å²) in [5.41, 5.74) is 0. The second kappa shape index (κ2) is 7.33. The molecule has 1 heterocycles. The zero-order chi connectivity index (χ0) is 14.4. The quantitative estimate of drug-likeness (QED) is 0.770. The van der Waals surface area contributed by atoms with Gasteiger partial charge in [-0.2, -0.15) is 0 Å². The van der Waals surface area contributed by atoms with Crippen LogP contribution in [0.5, 0.6) is 0 Å². The van der Waals surface area contributed by atoms with Crippen molar-refractivity contribution in [1.82, 2.24) is 15.1 Å². The molecule has 2 N–H and O–H groups in total. The molecule has 1 aliphatic rings. The Morgan fingerprint density at radius 2 is 1.95 bits per heavy atom. The number of carbonyl (C=O) groups excluding carboxylic acids is 2. The van der Waals surface area contributed by atoms with Gasteiger partial charge in [0.25, 0.3) is 0 Å². The maximum absolute atomic E-state index is 12.0. The van der Waals surface area contributed by atoms with Crippen LogP contribution in [0.4, 0.5) is 4.79 Å². The molecule has 1 fully saturated rings. The number of hydrogen-bond donors (Lipinski definition) is 2. The van der Waals surface area contributed by atoms with Gasteiger partial charge in [-0.3, -0.25) is 4.79 Å². The van der Waals surface area contributed by atoms with E-state index in [4.69, 9.17) is 5.11 Å². The zero-order valence-electron chi connectivity index (χ0n) is 12.1. The van der Waals surface area contributed by atoms with Crippen molar-refractivity contribution in [1.29, 1.82) is 0 Å². The second-order valence-electron chi connectivity index (χ2n) is 5.23. The predicted molar refractivity (Wildman–Crippen MR) is 72.7 cm³/mol. The summed E-state index contributed by atoms with van der Waals surface area (Å²) < 4.78 is 0. The lowest BCUT2D eigenvalue weighted by Gasteiger charge is -2.33. The number of amides is 3. The van der Waals surface area contributed by atoms with Crippen LogP contribution in [0.2, 0.25) is 0 Å². The summed E-state index contributed by atoms with van der Waals surface area (Å²) in [6, 6.07) is -0.158. The standard InChI is InChI=1S/C13H25N3O3/c1-4-11(9-17)14-12(18)10-5-7-16(8-6-10)13(19)15(2)3/h10-11,17H,4-9H2,1-3H3,(H,14,18)/t11-/m1/s1. The molecule has 0 spiro atoms. The van der Waals surface area contributed by atoms with Crippen LogP contribution in [0.15, 0.2) is 0 Å². The number of rotatable bonds is 4. The van der Waals surface area contributed by atoms with Crippen molar-refractivity contribution in [2.45, 2.75) is 32.2 Å². The van der Waals surface area contributed by atoms with Crippen molar-refractivity contribution in [2.24, 2.45) is 5.92 Å². The maximum atomic E-state index is 12.0. The van der Waals surface area contributed by atoms with Gasteiger partial charge in [0.05, 0.1) is 12.6 Å². The molecule has 110 valence electrons. The Hall–Kier alpha value is -1.30. The first-order valence-corrected chi connectivity index (χ1v) is 6.87. The van der Waals surface area contributed by atoms with Gasteiger partial charge in [0.1, 0.15) is 0 Å². The highest BCUT2D eigenvalue weighted by atomic mass is 16.3. The fourth-order valence-corrected chi connectivity index (χ4v) is 2.21.